The van der Waals surface area contributed by atoms with Crippen molar-refractivity contribution in [3.63, 3.8) is 0 Å². The zero-order valence-corrected chi connectivity index (χ0v) is 15.5. The van der Waals surface area contributed by atoms with Gasteiger partial charge in [0.1, 0.15) is 5.67 Å². The molecule has 7 heteroatoms. The van der Waals surface area contributed by atoms with Crippen LogP contribution in [0.25, 0.3) is 0 Å². The number of carbonyl (C=O) groups is 2. The van der Waals surface area contributed by atoms with E-state index in [2.05, 4.69) is 5.32 Å². The molecule has 0 bridgehead atoms. The second-order valence-electron chi connectivity index (χ2n) is 5.84. The number of carboxylic acid groups (broad SMARTS) is 1. The summed E-state index contributed by atoms with van der Waals surface area (Å²) in [6.07, 6.45) is 4.30. The fourth-order valence-electron chi connectivity index (χ4n) is 2.39. The van der Waals surface area contributed by atoms with Crippen molar-refractivity contribution < 1.29 is 24.2 Å². The lowest BCUT2D eigenvalue weighted by molar-refractivity contribution is -0.140. The average Bonchev–Trinajstić information content (AvgIpc) is 2.51. The van der Waals surface area contributed by atoms with Gasteiger partial charge in [-0.3, -0.25) is 14.5 Å². The SMILES string of the molecule is C/C=C/O.CCCN(CC(=O)O)C(CC(C)(F)CCC)C(=O)NC. The molecular weight excluding hydrogens is 315 g/mol. The van der Waals surface area contributed by atoms with E-state index in [1.807, 2.05) is 13.8 Å². The molecule has 2 atom stereocenters. The summed E-state index contributed by atoms with van der Waals surface area (Å²) in [6, 6.07) is -0.752. The van der Waals surface area contributed by atoms with E-state index >= 15 is 0 Å². The van der Waals surface area contributed by atoms with Gasteiger partial charge in [0.2, 0.25) is 5.91 Å². The molecule has 0 aromatic carbocycles. The Bertz CT molecular complexity index is 383. The second kappa shape index (κ2) is 13.8. The van der Waals surface area contributed by atoms with Crippen LogP contribution in [-0.4, -0.2) is 58.8 Å². The van der Waals surface area contributed by atoms with Crippen LogP contribution in [0.3, 0.4) is 0 Å². The lowest BCUT2D eigenvalue weighted by Crippen LogP contribution is -2.50. The highest BCUT2D eigenvalue weighted by atomic mass is 19.1. The molecule has 2 unspecified atom stereocenters. The van der Waals surface area contributed by atoms with Crippen LogP contribution in [0.1, 0.15) is 53.4 Å². The van der Waals surface area contributed by atoms with E-state index in [-0.39, 0.29) is 18.9 Å². The Balaban J connectivity index is 0. The Morgan fingerprint density at radius 2 is 1.88 bits per heavy atom. The molecular formula is C17H33FN2O4. The maximum atomic E-state index is 14.4. The second-order valence-corrected chi connectivity index (χ2v) is 5.84. The number of nitrogens with one attached hydrogen (secondary N) is 1. The van der Waals surface area contributed by atoms with Crippen molar-refractivity contribution in [2.45, 2.75) is 65.1 Å². The van der Waals surface area contributed by atoms with Crippen LogP contribution in [0.2, 0.25) is 0 Å². The van der Waals surface area contributed by atoms with Crippen molar-refractivity contribution in [1.82, 2.24) is 10.2 Å². The minimum atomic E-state index is -1.48. The van der Waals surface area contributed by atoms with Gasteiger partial charge in [0.15, 0.2) is 0 Å². The number of amides is 1. The van der Waals surface area contributed by atoms with Gasteiger partial charge in [0.25, 0.3) is 0 Å². The number of allylic oxidation sites excluding steroid dienone is 1. The van der Waals surface area contributed by atoms with Crippen LogP contribution in [0.15, 0.2) is 12.3 Å². The minimum Gasteiger partial charge on any atom is -0.516 e. The molecule has 0 heterocycles. The predicted octanol–water partition coefficient (Wildman–Crippen LogP) is 2.89. The molecule has 0 fully saturated rings. The summed E-state index contributed by atoms with van der Waals surface area (Å²) >= 11 is 0. The number of alkyl halides is 1. The zero-order valence-electron chi connectivity index (χ0n) is 15.5. The average molecular weight is 348 g/mol. The van der Waals surface area contributed by atoms with E-state index in [9.17, 15) is 14.0 Å². The summed E-state index contributed by atoms with van der Waals surface area (Å²) in [7, 11) is 1.48. The van der Waals surface area contributed by atoms with Crippen molar-refractivity contribution >= 4 is 11.9 Å². The molecule has 0 aliphatic carbocycles. The molecule has 3 N–H and O–H groups in total. The first-order chi connectivity index (χ1) is 11.2. The Morgan fingerprint density at radius 3 is 2.21 bits per heavy atom. The van der Waals surface area contributed by atoms with Crippen molar-refractivity contribution in [3.8, 4) is 0 Å². The first kappa shape index (κ1) is 24.6. The van der Waals surface area contributed by atoms with Crippen molar-refractivity contribution in [2.24, 2.45) is 0 Å². The van der Waals surface area contributed by atoms with E-state index in [0.717, 1.165) is 6.26 Å². The molecule has 24 heavy (non-hydrogen) atoms. The lowest BCUT2D eigenvalue weighted by atomic mass is 9.92. The Hall–Kier alpha value is -1.63. The first-order valence-corrected chi connectivity index (χ1v) is 8.30. The monoisotopic (exact) mass is 348 g/mol. The van der Waals surface area contributed by atoms with Crippen LogP contribution in [-0.2, 0) is 9.59 Å². The summed E-state index contributed by atoms with van der Waals surface area (Å²) in [6.45, 7) is 7.20. The van der Waals surface area contributed by atoms with Gasteiger partial charge >= 0.3 is 5.97 Å². The van der Waals surface area contributed by atoms with Crippen LogP contribution in [0.5, 0.6) is 0 Å². The highest BCUT2D eigenvalue weighted by molar-refractivity contribution is 5.82. The van der Waals surface area contributed by atoms with E-state index in [4.69, 9.17) is 10.2 Å². The largest absolute Gasteiger partial charge is 0.516 e. The van der Waals surface area contributed by atoms with Gasteiger partial charge in [-0.2, -0.15) is 0 Å². The predicted molar refractivity (Wildman–Crippen MR) is 93.8 cm³/mol. The Morgan fingerprint density at radius 1 is 1.33 bits per heavy atom. The fraction of sp³-hybridized carbons (Fsp3) is 0.765. The highest BCUT2D eigenvalue weighted by Crippen LogP contribution is 2.26. The number of rotatable bonds is 10. The number of carboxylic acids is 1. The van der Waals surface area contributed by atoms with E-state index in [1.165, 1.54) is 18.9 Å². The molecule has 0 aliphatic rings. The summed E-state index contributed by atoms with van der Waals surface area (Å²) in [5.41, 5.74) is -1.48. The standard InChI is InChI=1S/C14H27FN2O3.C3H6O/c1-5-7-14(3,15)9-11(13(20)16-4)17(8-6-2)10-12(18)19;1-2-3-4/h11H,5-10H2,1-4H3,(H,16,20)(H,18,19);2-4H,1H3/b;3-2+. The summed E-state index contributed by atoms with van der Waals surface area (Å²) in [4.78, 5) is 24.4. The Kier molecular flexibility index (Phi) is 14.1. The summed E-state index contributed by atoms with van der Waals surface area (Å²) in [5, 5.41) is 19.1. The highest BCUT2D eigenvalue weighted by Gasteiger charge is 2.34. The number of hydrogen-bond acceptors (Lipinski definition) is 4. The normalized spacial score (nSPS) is 14.6. The summed E-state index contributed by atoms with van der Waals surface area (Å²) in [5.74, 6) is -1.34. The van der Waals surface area contributed by atoms with Crippen LogP contribution >= 0.6 is 0 Å². The van der Waals surface area contributed by atoms with Gasteiger partial charge in [-0.1, -0.05) is 26.3 Å². The maximum absolute atomic E-state index is 14.4. The number of aliphatic hydroxyl groups is 1. The molecule has 0 aromatic rings. The molecule has 0 rings (SSSR count). The summed E-state index contributed by atoms with van der Waals surface area (Å²) < 4.78 is 14.4. The third kappa shape index (κ3) is 11.9. The number of carbonyl (C=O) groups excluding carboxylic acids is 1. The molecule has 0 saturated heterocycles. The number of hydrogen-bond donors (Lipinski definition) is 3. The number of nitrogens with zero attached hydrogens (tertiary/aromatic N) is 1. The van der Waals surface area contributed by atoms with Gasteiger partial charge < -0.3 is 15.5 Å². The molecule has 6 nitrogen and oxygen atoms in total. The van der Waals surface area contributed by atoms with E-state index < -0.39 is 17.7 Å². The van der Waals surface area contributed by atoms with Crippen molar-refractivity contribution in [2.75, 3.05) is 20.1 Å². The first-order valence-electron chi connectivity index (χ1n) is 8.30. The number of likely N-dealkylation sites (N-methyl/N-ethyl adjacent to an activating group) is 1. The van der Waals surface area contributed by atoms with Crippen molar-refractivity contribution in [1.29, 1.82) is 0 Å². The van der Waals surface area contributed by atoms with E-state index in [0.29, 0.717) is 25.8 Å². The third-order valence-corrected chi connectivity index (χ3v) is 3.38. The number of aliphatic hydroxyl groups excluding tert-OH is 1. The quantitative estimate of drug-likeness (QED) is 0.528. The minimum absolute atomic E-state index is 0.00773. The fourth-order valence-corrected chi connectivity index (χ4v) is 2.39. The van der Waals surface area contributed by atoms with Gasteiger partial charge in [-0.15, -0.1) is 0 Å². The molecule has 0 aliphatic heterocycles. The van der Waals surface area contributed by atoms with Crippen LogP contribution < -0.4 is 5.32 Å². The smallest absolute Gasteiger partial charge is 0.317 e. The number of aliphatic carboxylic acids is 1. The van der Waals surface area contributed by atoms with Gasteiger partial charge in [-0.25, -0.2) is 4.39 Å². The van der Waals surface area contributed by atoms with Gasteiger partial charge in [0.05, 0.1) is 18.8 Å². The topological polar surface area (TPSA) is 89.9 Å². The Labute approximate surface area is 144 Å². The zero-order chi connectivity index (χ0) is 19.2. The molecule has 142 valence electrons. The molecule has 1 amide bonds. The maximum Gasteiger partial charge on any atom is 0.317 e. The van der Waals surface area contributed by atoms with Crippen molar-refractivity contribution in [3.05, 3.63) is 12.3 Å². The van der Waals surface area contributed by atoms with Gasteiger partial charge in [-0.05, 0) is 33.2 Å². The molecule has 0 radical (unpaired) electrons. The van der Waals surface area contributed by atoms with Crippen LogP contribution in [0, 0.1) is 0 Å². The lowest BCUT2D eigenvalue weighted by Gasteiger charge is -2.33. The molecule has 0 aromatic heterocycles. The molecule has 0 saturated carbocycles. The van der Waals surface area contributed by atoms with E-state index in [1.54, 1.807) is 13.0 Å². The van der Waals surface area contributed by atoms with Gasteiger partial charge in [0, 0.05) is 13.5 Å². The molecule has 0 spiro atoms. The van der Waals surface area contributed by atoms with Crippen LogP contribution in [0.4, 0.5) is 4.39 Å². The third-order valence-electron chi connectivity index (χ3n) is 3.38. The number of halogens is 1.